The predicted octanol–water partition coefficient (Wildman–Crippen LogP) is -2.27. The van der Waals surface area contributed by atoms with Gasteiger partial charge >= 0.3 is 5.97 Å². The first-order valence-corrected chi connectivity index (χ1v) is 14.1. The third-order valence-electron chi connectivity index (χ3n) is 12.5. The van der Waals surface area contributed by atoms with Crippen molar-refractivity contribution in [1.82, 2.24) is 0 Å². The second-order valence-corrected chi connectivity index (χ2v) is 13.7. The molecule has 1 aromatic heterocycles. The highest BCUT2D eigenvalue weighted by Gasteiger charge is 2.93. The van der Waals surface area contributed by atoms with Gasteiger partial charge in [-0.05, 0) is 25.3 Å². The number of aliphatic hydroxyl groups excluding tert-OH is 6. The van der Waals surface area contributed by atoms with E-state index in [1.54, 1.807) is 0 Å². The van der Waals surface area contributed by atoms with Crippen molar-refractivity contribution in [2.24, 2.45) is 34.0 Å². The van der Waals surface area contributed by atoms with Crippen LogP contribution in [0.15, 0.2) is 23.0 Å². The molecule has 13 heteroatoms. The zero-order valence-electron chi connectivity index (χ0n) is 23.0. The maximum absolute atomic E-state index is 12.3. The summed E-state index contributed by atoms with van der Waals surface area (Å²) in [6.45, 7) is 2.94. The Hall–Kier alpha value is -1.65. The lowest BCUT2D eigenvalue weighted by molar-refractivity contribution is -0.392. The standard InChI is InChI=1S/C28H38O13/c1-11(30)40-21-17(33)20(34)25-10-39-22(35)23(21,2)13(25)6-14(31)26(9-29)19(25)16(32)18-24(3,36)27(37,12-4-5-38-8-12)7-15-28(18,26)41-15/h4-5,8,13-22,29,31-37H,6-7,9-10H2,1-3H3/t13-,14+,15+,16-,17+,18+,19+,20+,21+,22?,23+,24+,25-,26+,27+,28+/m0/s1. The van der Waals surface area contributed by atoms with Crippen molar-refractivity contribution in [2.75, 3.05) is 13.2 Å². The highest BCUT2D eigenvalue weighted by atomic mass is 16.6. The van der Waals surface area contributed by atoms with Gasteiger partial charge in [0, 0.05) is 36.2 Å². The van der Waals surface area contributed by atoms with Crippen LogP contribution in [0.3, 0.4) is 0 Å². The minimum Gasteiger partial charge on any atom is -0.472 e. The molecule has 41 heavy (non-hydrogen) atoms. The molecule has 3 heterocycles. The van der Waals surface area contributed by atoms with Gasteiger partial charge in [-0.2, -0.15) is 0 Å². The fourth-order valence-corrected chi connectivity index (χ4v) is 10.9. The number of carbonyl (C=O) groups is 1. The van der Waals surface area contributed by atoms with Gasteiger partial charge in [0.05, 0.1) is 61.0 Å². The van der Waals surface area contributed by atoms with Crippen LogP contribution >= 0.6 is 0 Å². The molecular weight excluding hydrogens is 544 g/mol. The first kappa shape index (κ1) is 28.1. The number of hydrogen-bond acceptors (Lipinski definition) is 13. The predicted molar refractivity (Wildman–Crippen MR) is 132 cm³/mol. The van der Waals surface area contributed by atoms with Crippen molar-refractivity contribution in [2.45, 2.75) is 93.3 Å². The van der Waals surface area contributed by atoms with E-state index in [9.17, 15) is 45.6 Å². The van der Waals surface area contributed by atoms with Crippen molar-refractivity contribution < 1.29 is 64.3 Å². The number of carbonyl (C=O) groups excluding carboxylic acids is 1. The molecule has 8 N–H and O–H groups in total. The number of aliphatic hydroxyl groups is 8. The molecule has 4 aliphatic carbocycles. The maximum Gasteiger partial charge on any atom is 0.303 e. The van der Waals surface area contributed by atoms with E-state index in [1.165, 1.54) is 32.4 Å². The van der Waals surface area contributed by atoms with E-state index < -0.39 is 106 Å². The highest BCUT2D eigenvalue weighted by Crippen LogP contribution is 2.81. The van der Waals surface area contributed by atoms with Crippen LogP contribution in [0.5, 0.6) is 0 Å². The van der Waals surface area contributed by atoms with Gasteiger partial charge in [0.1, 0.15) is 29.0 Å². The highest BCUT2D eigenvalue weighted by molar-refractivity contribution is 5.66. The number of hydrogen-bond donors (Lipinski definition) is 8. The monoisotopic (exact) mass is 582 g/mol. The number of fused-ring (bicyclic) bond motifs is 1. The molecule has 1 spiro atoms. The average Bonchev–Trinajstić information content (AvgIpc) is 3.25. The number of epoxide rings is 1. The van der Waals surface area contributed by atoms with E-state index in [0.29, 0.717) is 0 Å². The quantitative estimate of drug-likeness (QED) is 0.139. The van der Waals surface area contributed by atoms with Crippen LogP contribution in [0, 0.1) is 34.0 Å². The molecule has 7 rings (SSSR count). The number of esters is 1. The molecule has 6 fully saturated rings. The average molecular weight is 583 g/mol. The molecule has 228 valence electrons. The van der Waals surface area contributed by atoms with Crippen molar-refractivity contribution in [3.05, 3.63) is 24.2 Å². The van der Waals surface area contributed by atoms with Crippen LogP contribution in [-0.4, -0.2) is 114 Å². The van der Waals surface area contributed by atoms with E-state index >= 15 is 0 Å². The first-order chi connectivity index (χ1) is 19.1. The lowest BCUT2D eigenvalue weighted by atomic mass is 9.38. The Morgan fingerprint density at radius 1 is 1.10 bits per heavy atom. The summed E-state index contributed by atoms with van der Waals surface area (Å²) in [7, 11) is 0. The van der Waals surface area contributed by atoms with E-state index in [2.05, 4.69) is 0 Å². The molecule has 4 saturated carbocycles. The summed E-state index contributed by atoms with van der Waals surface area (Å²) in [6, 6.07) is 1.50. The van der Waals surface area contributed by atoms with E-state index in [-0.39, 0.29) is 25.0 Å². The molecule has 0 aromatic carbocycles. The van der Waals surface area contributed by atoms with Crippen molar-refractivity contribution in [3.8, 4) is 0 Å². The summed E-state index contributed by atoms with van der Waals surface area (Å²) in [5.74, 6) is -4.18. The number of ether oxygens (including phenoxy) is 3. The Morgan fingerprint density at radius 2 is 1.80 bits per heavy atom. The van der Waals surface area contributed by atoms with E-state index in [0.717, 1.165) is 6.92 Å². The Labute approximate surface area is 235 Å². The molecule has 2 aliphatic heterocycles. The maximum atomic E-state index is 12.3. The van der Waals surface area contributed by atoms with Gasteiger partial charge in [0.2, 0.25) is 0 Å². The second-order valence-electron chi connectivity index (χ2n) is 13.7. The van der Waals surface area contributed by atoms with Gasteiger partial charge < -0.3 is 59.5 Å². The van der Waals surface area contributed by atoms with Gasteiger partial charge in [-0.25, -0.2) is 0 Å². The third-order valence-corrected chi connectivity index (χ3v) is 12.5. The number of furan rings is 1. The van der Waals surface area contributed by atoms with Crippen LogP contribution < -0.4 is 0 Å². The molecule has 1 aromatic rings. The molecule has 0 radical (unpaired) electrons. The molecule has 16 atom stereocenters. The molecule has 2 bridgehead atoms. The topological polar surface area (TPSA) is 223 Å². The molecule has 13 nitrogen and oxygen atoms in total. The summed E-state index contributed by atoms with van der Waals surface area (Å²) < 4.78 is 22.7. The van der Waals surface area contributed by atoms with Crippen molar-refractivity contribution in [1.29, 1.82) is 0 Å². The molecular formula is C28H38O13. The molecule has 1 unspecified atom stereocenters. The summed E-state index contributed by atoms with van der Waals surface area (Å²) in [5, 5.41) is 94.1. The minimum absolute atomic E-state index is 0.132. The summed E-state index contributed by atoms with van der Waals surface area (Å²) in [6.07, 6.45) is -7.85. The second kappa shape index (κ2) is 8.08. The smallest absolute Gasteiger partial charge is 0.303 e. The SMILES string of the molecule is CC(=O)O[C@@H]1[C@H](O)[C@@H](O)[C@@]23COC(O)[C@]1(C)[C@@H]2C[C@@H](O)[C@]1(CO)[C@@H]3[C@@H](O)[C@H]2[C@@]13O[C@@H]3C[C@@](O)(c1ccoc1)[C@]2(C)O. The third kappa shape index (κ3) is 2.73. The van der Waals surface area contributed by atoms with E-state index in [1.807, 2.05) is 0 Å². The van der Waals surface area contributed by atoms with Crippen LogP contribution in [0.1, 0.15) is 39.2 Å². The summed E-state index contributed by atoms with van der Waals surface area (Å²) in [5.41, 5.74) is -10.1. The number of rotatable bonds is 3. The lowest BCUT2D eigenvalue weighted by Crippen LogP contribution is -2.80. The molecule has 6 aliphatic rings. The van der Waals surface area contributed by atoms with Crippen LogP contribution in [-0.2, 0) is 24.6 Å². The Kier molecular flexibility index (Phi) is 5.55. The zero-order valence-corrected chi connectivity index (χ0v) is 23.0. The molecule has 0 amide bonds. The van der Waals surface area contributed by atoms with Gasteiger partial charge in [-0.1, -0.05) is 6.92 Å². The lowest BCUT2D eigenvalue weighted by Gasteiger charge is -2.70. The van der Waals surface area contributed by atoms with Gasteiger partial charge in [0.15, 0.2) is 6.29 Å². The Bertz CT molecular complexity index is 1250. The van der Waals surface area contributed by atoms with Crippen molar-refractivity contribution in [3.63, 3.8) is 0 Å². The van der Waals surface area contributed by atoms with Gasteiger partial charge in [-0.15, -0.1) is 0 Å². The Balaban J connectivity index is 1.44. The van der Waals surface area contributed by atoms with E-state index in [4.69, 9.17) is 18.6 Å². The van der Waals surface area contributed by atoms with Gasteiger partial charge in [-0.3, -0.25) is 4.79 Å². The fourth-order valence-electron chi connectivity index (χ4n) is 10.9. The molecule has 2 saturated heterocycles. The first-order valence-electron chi connectivity index (χ1n) is 14.1. The zero-order chi connectivity index (χ0) is 29.7. The van der Waals surface area contributed by atoms with Crippen LogP contribution in [0.25, 0.3) is 0 Å². The van der Waals surface area contributed by atoms with Crippen LogP contribution in [0.4, 0.5) is 0 Å². The fraction of sp³-hybridized carbons (Fsp3) is 0.821. The summed E-state index contributed by atoms with van der Waals surface area (Å²) >= 11 is 0. The normalized spacial score (nSPS) is 60.4. The minimum atomic E-state index is -2.09. The largest absolute Gasteiger partial charge is 0.472 e. The van der Waals surface area contributed by atoms with Crippen LogP contribution in [0.2, 0.25) is 0 Å². The van der Waals surface area contributed by atoms with Gasteiger partial charge in [0.25, 0.3) is 0 Å². The van der Waals surface area contributed by atoms with Crippen molar-refractivity contribution >= 4 is 5.97 Å². The summed E-state index contributed by atoms with van der Waals surface area (Å²) in [4.78, 5) is 12.0. The Morgan fingerprint density at radius 3 is 2.41 bits per heavy atom.